The first-order valence-electron chi connectivity index (χ1n) is 8.11. The van der Waals surface area contributed by atoms with Crippen molar-refractivity contribution < 1.29 is 9.59 Å². The molecule has 0 radical (unpaired) electrons. The molecule has 2 rings (SSSR count). The van der Waals surface area contributed by atoms with Crippen LogP contribution in [0.4, 0.5) is 10.5 Å². The van der Waals surface area contributed by atoms with Crippen LogP contribution in [0.15, 0.2) is 24.3 Å². The lowest BCUT2D eigenvalue weighted by Gasteiger charge is -2.22. The van der Waals surface area contributed by atoms with E-state index in [0.29, 0.717) is 0 Å². The second-order valence-electron chi connectivity index (χ2n) is 5.72. The first-order valence-corrected chi connectivity index (χ1v) is 8.11. The summed E-state index contributed by atoms with van der Waals surface area (Å²) in [5.74, 6) is -0.209. The normalized spacial score (nSPS) is 15.1. The highest BCUT2D eigenvalue weighted by Crippen LogP contribution is 2.17. The number of rotatable bonds is 5. The van der Waals surface area contributed by atoms with Crippen LogP contribution in [0.3, 0.4) is 0 Å². The number of nitrogens with one attached hydrogen (secondary N) is 3. The number of anilines is 1. The van der Waals surface area contributed by atoms with Crippen molar-refractivity contribution in [3.05, 3.63) is 29.8 Å². The quantitative estimate of drug-likeness (QED) is 0.783. The molecule has 1 fully saturated rings. The molecule has 1 saturated carbocycles. The summed E-state index contributed by atoms with van der Waals surface area (Å²) in [4.78, 5) is 23.7. The van der Waals surface area contributed by atoms with E-state index in [1.54, 1.807) is 0 Å². The molecule has 0 bridgehead atoms. The van der Waals surface area contributed by atoms with Gasteiger partial charge in [0.05, 0.1) is 6.54 Å². The Balaban J connectivity index is 1.73. The lowest BCUT2D eigenvalue weighted by atomic mass is 9.96. The molecule has 0 heterocycles. The van der Waals surface area contributed by atoms with Crippen molar-refractivity contribution in [2.45, 2.75) is 51.5 Å². The maximum atomic E-state index is 11.9. The predicted octanol–water partition coefficient (Wildman–Crippen LogP) is 2.82. The van der Waals surface area contributed by atoms with Crippen molar-refractivity contribution in [3.63, 3.8) is 0 Å². The topological polar surface area (TPSA) is 70.2 Å². The molecule has 0 aromatic heterocycles. The number of para-hydroxylation sites is 1. The maximum absolute atomic E-state index is 11.9. The summed E-state index contributed by atoms with van der Waals surface area (Å²) in [5.41, 5.74) is 1.90. The van der Waals surface area contributed by atoms with Gasteiger partial charge in [0, 0.05) is 11.7 Å². The molecule has 0 saturated heterocycles. The Morgan fingerprint density at radius 1 is 1.14 bits per heavy atom. The number of aryl methyl sites for hydroxylation is 1. The summed E-state index contributed by atoms with van der Waals surface area (Å²) in [6.07, 6.45) is 6.50. The molecule has 1 aliphatic carbocycles. The van der Waals surface area contributed by atoms with Crippen LogP contribution in [0, 0.1) is 0 Å². The van der Waals surface area contributed by atoms with Crippen LogP contribution in [0.25, 0.3) is 0 Å². The van der Waals surface area contributed by atoms with Gasteiger partial charge in [-0.3, -0.25) is 4.79 Å². The van der Waals surface area contributed by atoms with Crippen LogP contribution in [0.2, 0.25) is 0 Å². The fourth-order valence-corrected chi connectivity index (χ4v) is 2.79. The minimum Gasteiger partial charge on any atom is -0.335 e. The van der Waals surface area contributed by atoms with E-state index >= 15 is 0 Å². The van der Waals surface area contributed by atoms with Crippen molar-refractivity contribution >= 4 is 17.6 Å². The van der Waals surface area contributed by atoms with Gasteiger partial charge >= 0.3 is 6.03 Å². The van der Waals surface area contributed by atoms with E-state index < -0.39 is 0 Å². The number of carbonyl (C=O) groups excluding carboxylic acids is 2. The second kappa shape index (κ2) is 8.41. The molecular weight excluding hydrogens is 278 g/mol. The zero-order chi connectivity index (χ0) is 15.8. The van der Waals surface area contributed by atoms with Gasteiger partial charge in [0.25, 0.3) is 0 Å². The molecule has 1 aromatic rings. The molecule has 0 spiro atoms. The average molecular weight is 303 g/mol. The van der Waals surface area contributed by atoms with Crippen LogP contribution < -0.4 is 16.0 Å². The van der Waals surface area contributed by atoms with E-state index in [2.05, 4.69) is 16.0 Å². The lowest BCUT2D eigenvalue weighted by molar-refractivity contribution is -0.115. The van der Waals surface area contributed by atoms with Gasteiger partial charge in [-0.2, -0.15) is 0 Å². The van der Waals surface area contributed by atoms with Gasteiger partial charge in [0.1, 0.15) is 0 Å². The summed E-state index contributed by atoms with van der Waals surface area (Å²) in [5, 5.41) is 8.39. The molecule has 1 aliphatic rings. The monoisotopic (exact) mass is 303 g/mol. The lowest BCUT2D eigenvalue weighted by Crippen LogP contribution is -2.45. The first-order chi connectivity index (χ1) is 10.7. The minimum atomic E-state index is -0.258. The Labute approximate surface area is 131 Å². The second-order valence-corrected chi connectivity index (χ2v) is 5.72. The minimum absolute atomic E-state index is 0.0173. The van der Waals surface area contributed by atoms with Gasteiger partial charge < -0.3 is 16.0 Å². The fourth-order valence-electron chi connectivity index (χ4n) is 2.79. The van der Waals surface area contributed by atoms with Crippen molar-refractivity contribution in [2.24, 2.45) is 0 Å². The van der Waals surface area contributed by atoms with Crippen molar-refractivity contribution in [2.75, 3.05) is 11.9 Å². The highest BCUT2D eigenvalue weighted by atomic mass is 16.2. The molecule has 0 unspecified atom stereocenters. The van der Waals surface area contributed by atoms with Crippen LogP contribution in [-0.4, -0.2) is 24.5 Å². The van der Waals surface area contributed by atoms with Gasteiger partial charge in [-0.15, -0.1) is 0 Å². The third-order valence-electron chi connectivity index (χ3n) is 4.02. The molecule has 3 amide bonds. The Kier molecular flexibility index (Phi) is 6.25. The Hall–Kier alpha value is -2.04. The van der Waals surface area contributed by atoms with E-state index in [1.807, 2.05) is 31.2 Å². The molecule has 0 atom stereocenters. The number of hydrogen-bond donors (Lipinski definition) is 3. The van der Waals surface area contributed by atoms with Gasteiger partial charge in [-0.25, -0.2) is 4.79 Å². The predicted molar refractivity (Wildman–Crippen MR) is 87.9 cm³/mol. The van der Waals surface area contributed by atoms with Crippen molar-refractivity contribution in [3.8, 4) is 0 Å². The number of benzene rings is 1. The maximum Gasteiger partial charge on any atom is 0.315 e. The van der Waals surface area contributed by atoms with Gasteiger partial charge in [0.2, 0.25) is 5.91 Å². The first kappa shape index (κ1) is 16.3. The molecular formula is C17H25N3O2. The molecule has 22 heavy (non-hydrogen) atoms. The van der Waals surface area contributed by atoms with Gasteiger partial charge in [-0.05, 0) is 30.9 Å². The van der Waals surface area contributed by atoms with Crippen LogP contribution in [-0.2, 0) is 11.2 Å². The van der Waals surface area contributed by atoms with E-state index in [4.69, 9.17) is 0 Å². The van der Waals surface area contributed by atoms with Crippen LogP contribution >= 0.6 is 0 Å². The molecule has 5 nitrogen and oxygen atoms in total. The zero-order valence-corrected chi connectivity index (χ0v) is 13.2. The van der Waals surface area contributed by atoms with E-state index in [9.17, 15) is 9.59 Å². The molecule has 120 valence electrons. The summed E-state index contributed by atoms with van der Waals surface area (Å²) < 4.78 is 0. The standard InChI is InChI=1S/C17H25N3O2/c1-2-13-8-6-7-11-15(13)20-16(21)12-18-17(22)19-14-9-4-3-5-10-14/h6-8,11,14H,2-5,9-10,12H2,1H3,(H,20,21)(H2,18,19,22). The SMILES string of the molecule is CCc1ccccc1NC(=O)CNC(=O)NC1CCCCC1. The summed E-state index contributed by atoms with van der Waals surface area (Å²) >= 11 is 0. The number of hydrogen-bond acceptors (Lipinski definition) is 2. The van der Waals surface area contributed by atoms with Crippen LogP contribution in [0.1, 0.15) is 44.6 Å². The number of carbonyl (C=O) groups is 2. The Bertz CT molecular complexity index is 510. The molecule has 5 heteroatoms. The highest BCUT2D eigenvalue weighted by Gasteiger charge is 2.16. The summed E-state index contributed by atoms with van der Waals surface area (Å²) in [6, 6.07) is 7.68. The van der Waals surface area contributed by atoms with Crippen molar-refractivity contribution in [1.82, 2.24) is 10.6 Å². The number of amides is 3. The van der Waals surface area contributed by atoms with E-state index in [-0.39, 0.29) is 24.5 Å². The zero-order valence-electron chi connectivity index (χ0n) is 13.2. The third-order valence-corrected chi connectivity index (χ3v) is 4.02. The third kappa shape index (κ3) is 5.06. The van der Waals surface area contributed by atoms with Crippen molar-refractivity contribution in [1.29, 1.82) is 0 Å². The van der Waals surface area contributed by atoms with E-state index in [1.165, 1.54) is 19.3 Å². The Morgan fingerprint density at radius 2 is 1.86 bits per heavy atom. The highest BCUT2D eigenvalue weighted by molar-refractivity contribution is 5.94. The summed E-state index contributed by atoms with van der Waals surface area (Å²) in [7, 11) is 0. The molecule has 0 aliphatic heterocycles. The largest absolute Gasteiger partial charge is 0.335 e. The van der Waals surface area contributed by atoms with Gasteiger partial charge in [-0.1, -0.05) is 44.4 Å². The smallest absolute Gasteiger partial charge is 0.315 e. The van der Waals surface area contributed by atoms with Crippen LogP contribution in [0.5, 0.6) is 0 Å². The summed E-state index contributed by atoms with van der Waals surface area (Å²) in [6.45, 7) is 2.03. The molecule has 1 aromatic carbocycles. The Morgan fingerprint density at radius 3 is 2.59 bits per heavy atom. The average Bonchev–Trinajstić information content (AvgIpc) is 2.54. The molecule has 3 N–H and O–H groups in total. The van der Waals surface area contributed by atoms with E-state index in [0.717, 1.165) is 30.5 Å². The fraction of sp³-hybridized carbons (Fsp3) is 0.529. The van der Waals surface area contributed by atoms with Gasteiger partial charge in [0.15, 0.2) is 0 Å². The number of urea groups is 1.